The van der Waals surface area contributed by atoms with Crippen LogP contribution in [0, 0.1) is 0 Å². The van der Waals surface area contributed by atoms with E-state index in [0.29, 0.717) is 12.0 Å². The smallest absolute Gasteiger partial charge is 0.342 e. The van der Waals surface area contributed by atoms with Crippen LogP contribution in [0.4, 0.5) is 0 Å². The van der Waals surface area contributed by atoms with Gasteiger partial charge in [-0.3, -0.25) is 0 Å². The molecule has 86 valence electrons. The van der Waals surface area contributed by atoms with Crippen LogP contribution in [0.2, 0.25) is 0 Å². The average molecular weight is 222 g/mol. The van der Waals surface area contributed by atoms with E-state index < -0.39 is 5.97 Å². The van der Waals surface area contributed by atoms with Crippen molar-refractivity contribution in [2.45, 2.75) is 32.3 Å². The van der Waals surface area contributed by atoms with Crippen molar-refractivity contribution in [3.05, 3.63) is 23.3 Å². The normalized spacial score (nSPS) is 19.1. The number of hydrogen-bond donors (Lipinski definition) is 2. The Kier molecular flexibility index (Phi) is 2.73. The van der Waals surface area contributed by atoms with Gasteiger partial charge in [0.05, 0.1) is 0 Å². The van der Waals surface area contributed by atoms with E-state index in [2.05, 4.69) is 0 Å². The maximum Gasteiger partial charge on any atom is 0.342 e. The number of aromatic hydroxyl groups is 2. The Balaban J connectivity index is 2.42. The van der Waals surface area contributed by atoms with Crippen molar-refractivity contribution < 1.29 is 19.7 Å². The van der Waals surface area contributed by atoms with Gasteiger partial charge in [-0.1, -0.05) is 13.3 Å². The molecule has 1 aliphatic rings. The van der Waals surface area contributed by atoms with E-state index in [-0.39, 0.29) is 23.2 Å². The van der Waals surface area contributed by atoms with Gasteiger partial charge in [0.1, 0.15) is 23.2 Å². The Labute approximate surface area is 93.5 Å². The van der Waals surface area contributed by atoms with Crippen LogP contribution in [0.25, 0.3) is 0 Å². The Bertz CT molecular complexity index is 425. The summed E-state index contributed by atoms with van der Waals surface area (Å²) in [5.41, 5.74) is 0.599. The fourth-order valence-corrected chi connectivity index (χ4v) is 2.02. The summed E-state index contributed by atoms with van der Waals surface area (Å²) in [5, 5.41) is 19.2. The second-order valence-corrected chi connectivity index (χ2v) is 3.98. The van der Waals surface area contributed by atoms with Crippen molar-refractivity contribution in [3.8, 4) is 11.5 Å². The first-order valence-electron chi connectivity index (χ1n) is 5.38. The van der Waals surface area contributed by atoms with E-state index in [4.69, 9.17) is 4.74 Å². The second kappa shape index (κ2) is 4.04. The minimum Gasteiger partial charge on any atom is -0.508 e. The predicted molar refractivity (Wildman–Crippen MR) is 57.6 cm³/mol. The van der Waals surface area contributed by atoms with E-state index in [1.807, 2.05) is 6.92 Å². The fraction of sp³-hybridized carbons (Fsp3) is 0.417. The van der Waals surface area contributed by atoms with Gasteiger partial charge in [-0.05, 0) is 18.6 Å². The zero-order valence-electron chi connectivity index (χ0n) is 9.06. The highest BCUT2D eigenvalue weighted by Crippen LogP contribution is 2.35. The number of carbonyl (C=O) groups is 1. The SMILES string of the molecule is CCCC1Cc2c(O)ccc(O)c2C(=O)O1. The lowest BCUT2D eigenvalue weighted by atomic mass is 9.95. The summed E-state index contributed by atoms with van der Waals surface area (Å²) < 4.78 is 5.18. The molecule has 1 aromatic carbocycles. The lowest BCUT2D eigenvalue weighted by Gasteiger charge is -2.25. The van der Waals surface area contributed by atoms with Gasteiger partial charge in [0.15, 0.2) is 0 Å². The van der Waals surface area contributed by atoms with Gasteiger partial charge in [0, 0.05) is 12.0 Å². The molecule has 0 radical (unpaired) electrons. The van der Waals surface area contributed by atoms with Crippen molar-refractivity contribution in [1.82, 2.24) is 0 Å². The van der Waals surface area contributed by atoms with Crippen molar-refractivity contribution in [3.63, 3.8) is 0 Å². The molecule has 1 atom stereocenters. The third-order valence-electron chi connectivity index (χ3n) is 2.79. The number of benzene rings is 1. The molecule has 1 aromatic rings. The van der Waals surface area contributed by atoms with Crippen molar-refractivity contribution in [1.29, 1.82) is 0 Å². The summed E-state index contributed by atoms with van der Waals surface area (Å²) >= 11 is 0. The number of esters is 1. The third-order valence-corrected chi connectivity index (χ3v) is 2.79. The number of cyclic esters (lactones) is 1. The first-order chi connectivity index (χ1) is 7.63. The first-order valence-corrected chi connectivity index (χ1v) is 5.38. The number of phenolic OH excluding ortho intramolecular Hbond substituents is 2. The van der Waals surface area contributed by atoms with Crippen molar-refractivity contribution in [2.24, 2.45) is 0 Å². The maximum absolute atomic E-state index is 11.7. The summed E-state index contributed by atoms with van der Waals surface area (Å²) in [6, 6.07) is 2.70. The number of carbonyl (C=O) groups excluding carboxylic acids is 1. The van der Waals surface area contributed by atoms with Crippen LogP contribution >= 0.6 is 0 Å². The van der Waals surface area contributed by atoms with Gasteiger partial charge in [-0.25, -0.2) is 4.79 Å². The van der Waals surface area contributed by atoms with Crippen LogP contribution in [-0.2, 0) is 11.2 Å². The molecule has 4 heteroatoms. The van der Waals surface area contributed by atoms with Crippen LogP contribution in [0.1, 0.15) is 35.7 Å². The molecule has 0 aromatic heterocycles. The van der Waals surface area contributed by atoms with Gasteiger partial charge in [0.2, 0.25) is 0 Å². The highest BCUT2D eigenvalue weighted by atomic mass is 16.5. The molecule has 4 nitrogen and oxygen atoms in total. The van der Waals surface area contributed by atoms with Gasteiger partial charge in [0.25, 0.3) is 0 Å². The topological polar surface area (TPSA) is 66.8 Å². The summed E-state index contributed by atoms with van der Waals surface area (Å²) in [6.45, 7) is 2.01. The molecule has 2 N–H and O–H groups in total. The van der Waals surface area contributed by atoms with Crippen LogP contribution in [0.5, 0.6) is 11.5 Å². The van der Waals surface area contributed by atoms with Gasteiger partial charge in [-0.2, -0.15) is 0 Å². The van der Waals surface area contributed by atoms with E-state index in [9.17, 15) is 15.0 Å². The van der Waals surface area contributed by atoms with E-state index in [1.165, 1.54) is 12.1 Å². The first kappa shape index (κ1) is 10.8. The number of fused-ring (bicyclic) bond motifs is 1. The van der Waals surface area contributed by atoms with Crippen LogP contribution in [-0.4, -0.2) is 22.3 Å². The highest BCUT2D eigenvalue weighted by Gasteiger charge is 2.30. The molecule has 1 unspecified atom stereocenters. The molecular formula is C12H14O4. The lowest BCUT2D eigenvalue weighted by Crippen LogP contribution is -2.27. The minimum atomic E-state index is -0.548. The standard InChI is InChI=1S/C12H14O4/c1-2-3-7-6-8-9(13)4-5-10(14)11(8)12(15)16-7/h4-5,7,13-14H,2-3,6H2,1H3. The van der Waals surface area contributed by atoms with Gasteiger partial charge >= 0.3 is 5.97 Å². The highest BCUT2D eigenvalue weighted by molar-refractivity contribution is 5.96. The number of rotatable bonds is 2. The summed E-state index contributed by atoms with van der Waals surface area (Å²) in [5.74, 6) is -0.633. The number of phenols is 2. The molecule has 0 spiro atoms. The Morgan fingerprint density at radius 1 is 1.38 bits per heavy atom. The second-order valence-electron chi connectivity index (χ2n) is 3.98. The zero-order valence-corrected chi connectivity index (χ0v) is 9.06. The molecule has 0 aliphatic carbocycles. The minimum absolute atomic E-state index is 0.0468. The molecule has 0 saturated carbocycles. The fourth-order valence-electron chi connectivity index (χ4n) is 2.02. The summed E-state index contributed by atoms with van der Waals surface area (Å²) in [6.07, 6.45) is 1.94. The predicted octanol–water partition coefficient (Wildman–Crippen LogP) is 1.98. The van der Waals surface area contributed by atoms with Gasteiger partial charge in [-0.15, -0.1) is 0 Å². The van der Waals surface area contributed by atoms with Gasteiger partial charge < -0.3 is 14.9 Å². The van der Waals surface area contributed by atoms with Crippen LogP contribution < -0.4 is 0 Å². The zero-order chi connectivity index (χ0) is 11.7. The van der Waals surface area contributed by atoms with Crippen molar-refractivity contribution in [2.75, 3.05) is 0 Å². The molecule has 1 heterocycles. The molecule has 1 aliphatic heterocycles. The molecular weight excluding hydrogens is 208 g/mol. The van der Waals surface area contributed by atoms with E-state index in [0.717, 1.165) is 12.8 Å². The number of hydrogen-bond acceptors (Lipinski definition) is 4. The monoisotopic (exact) mass is 222 g/mol. The van der Waals surface area contributed by atoms with E-state index >= 15 is 0 Å². The molecule has 0 amide bonds. The van der Waals surface area contributed by atoms with Crippen molar-refractivity contribution >= 4 is 5.97 Å². The molecule has 2 rings (SSSR count). The summed E-state index contributed by atoms with van der Waals surface area (Å²) in [4.78, 5) is 11.7. The van der Waals surface area contributed by atoms with E-state index in [1.54, 1.807) is 0 Å². The largest absolute Gasteiger partial charge is 0.508 e. The molecule has 0 fully saturated rings. The van der Waals surface area contributed by atoms with Crippen LogP contribution in [0.3, 0.4) is 0 Å². The molecule has 0 bridgehead atoms. The molecule has 0 saturated heterocycles. The Hall–Kier alpha value is -1.71. The molecule has 16 heavy (non-hydrogen) atoms. The summed E-state index contributed by atoms with van der Waals surface area (Å²) in [7, 11) is 0. The Morgan fingerprint density at radius 2 is 2.06 bits per heavy atom. The van der Waals surface area contributed by atoms with Crippen LogP contribution in [0.15, 0.2) is 12.1 Å². The average Bonchev–Trinajstić information content (AvgIpc) is 2.23. The Morgan fingerprint density at radius 3 is 2.75 bits per heavy atom. The third kappa shape index (κ3) is 1.71. The quantitative estimate of drug-likeness (QED) is 0.593. The number of ether oxygens (including phenoxy) is 1. The lowest BCUT2D eigenvalue weighted by molar-refractivity contribution is 0.0229. The maximum atomic E-state index is 11.7.